The Morgan fingerprint density at radius 2 is 1.94 bits per heavy atom. The summed E-state index contributed by atoms with van der Waals surface area (Å²) in [4.78, 5) is 0. The van der Waals surface area contributed by atoms with Crippen molar-refractivity contribution in [1.29, 1.82) is 0 Å². The molecule has 0 saturated carbocycles. The van der Waals surface area contributed by atoms with Gasteiger partial charge in [0.2, 0.25) is 10.0 Å². The van der Waals surface area contributed by atoms with Crippen LogP contribution in [0.5, 0.6) is 0 Å². The summed E-state index contributed by atoms with van der Waals surface area (Å²) < 4.78 is 50.7. The van der Waals surface area contributed by atoms with Crippen LogP contribution in [-0.2, 0) is 26.0 Å². The van der Waals surface area contributed by atoms with Gasteiger partial charge < -0.3 is 0 Å². The molecular weight excluding hydrogens is 254 g/mol. The molecule has 9 heteroatoms. The average Bonchev–Trinajstić information content (AvgIpc) is 2.37. The van der Waals surface area contributed by atoms with E-state index >= 15 is 0 Å². The highest BCUT2D eigenvalue weighted by Crippen LogP contribution is 2.00. The highest BCUT2D eigenvalue weighted by atomic mass is 32.2. The molecule has 0 amide bonds. The lowest BCUT2D eigenvalue weighted by molar-refractivity contribution is 0.595. The van der Waals surface area contributed by atoms with E-state index in [1.54, 1.807) is 0 Å². The van der Waals surface area contributed by atoms with Crippen LogP contribution in [0.4, 0.5) is 0 Å². The first-order valence-corrected chi connectivity index (χ1v) is 7.21. The predicted molar refractivity (Wildman–Crippen MR) is 54.5 cm³/mol. The number of rotatable bonds is 2. The maximum atomic E-state index is 11.1. The third kappa shape index (κ3) is 2.26. The molecule has 0 aromatic heterocycles. The Balaban J connectivity index is 2.73. The Hall–Kier alpha value is -1.32. The number of hydrogen-bond acceptors (Lipinski definition) is 4. The van der Waals surface area contributed by atoms with Crippen molar-refractivity contribution in [3.63, 3.8) is 0 Å². The standard InChI is InChI=1S/C7H7N3O4S2/c8-15(11,12)4-5-2-1-3-6-7(5)10-16(13,14)9-6/h1-3H,4H2,(H2,8,11,12). The van der Waals surface area contributed by atoms with Crippen LogP contribution in [0.15, 0.2) is 27.0 Å². The Morgan fingerprint density at radius 1 is 1.25 bits per heavy atom. The molecule has 0 unspecified atom stereocenters. The summed E-state index contributed by atoms with van der Waals surface area (Å²) in [6.07, 6.45) is 0. The van der Waals surface area contributed by atoms with E-state index in [2.05, 4.69) is 8.80 Å². The first-order valence-electron chi connectivity index (χ1n) is 4.10. The molecule has 0 spiro atoms. The van der Waals surface area contributed by atoms with Gasteiger partial charge >= 0.3 is 10.2 Å². The number of hydrogen-bond donors (Lipinski definition) is 1. The van der Waals surface area contributed by atoms with Gasteiger partial charge in [0, 0.05) is 0 Å². The van der Waals surface area contributed by atoms with Crippen LogP contribution < -0.4 is 15.9 Å². The Morgan fingerprint density at radius 3 is 2.56 bits per heavy atom. The second kappa shape index (κ2) is 3.34. The van der Waals surface area contributed by atoms with Crippen LogP contribution in [0.3, 0.4) is 0 Å². The summed E-state index contributed by atoms with van der Waals surface area (Å²) in [6.45, 7) is 0. The van der Waals surface area contributed by atoms with Gasteiger partial charge in [0.05, 0.1) is 5.75 Å². The zero-order valence-electron chi connectivity index (χ0n) is 7.86. The van der Waals surface area contributed by atoms with Crippen LogP contribution in [0.2, 0.25) is 0 Å². The van der Waals surface area contributed by atoms with E-state index in [9.17, 15) is 16.8 Å². The van der Waals surface area contributed by atoms with Crippen molar-refractivity contribution in [3.8, 4) is 0 Å². The van der Waals surface area contributed by atoms with Crippen molar-refractivity contribution in [3.05, 3.63) is 34.5 Å². The van der Waals surface area contributed by atoms with E-state index in [1.165, 1.54) is 18.2 Å². The number of benzene rings is 1. The number of primary sulfonamides is 1. The number of nitrogens with two attached hydrogens (primary N) is 1. The number of sulfonamides is 1. The molecule has 2 rings (SSSR count). The molecule has 1 aromatic carbocycles. The van der Waals surface area contributed by atoms with Gasteiger partial charge in [0.25, 0.3) is 0 Å². The fourth-order valence-corrected chi connectivity index (χ4v) is 2.89. The Bertz CT molecular complexity index is 764. The van der Waals surface area contributed by atoms with E-state index < -0.39 is 26.0 Å². The van der Waals surface area contributed by atoms with Crippen LogP contribution in [0, 0.1) is 0 Å². The summed E-state index contributed by atoms with van der Waals surface area (Å²) in [5.74, 6) is -0.468. The molecule has 0 saturated heterocycles. The lowest BCUT2D eigenvalue weighted by Gasteiger charge is -1.97. The van der Waals surface area contributed by atoms with Crippen molar-refractivity contribution in [2.24, 2.45) is 13.9 Å². The SMILES string of the molecule is NS(=O)(=O)Cc1cccc2c1=NS(=O)(=O)N=2. The normalized spacial score (nSPS) is 17.3. The fourth-order valence-electron chi connectivity index (χ4n) is 1.35. The minimum absolute atomic E-state index is 0.0523. The fraction of sp³-hybridized carbons (Fsp3) is 0.143. The van der Waals surface area contributed by atoms with Crippen LogP contribution in [0.1, 0.15) is 5.56 Å². The highest BCUT2D eigenvalue weighted by Gasteiger charge is 2.16. The van der Waals surface area contributed by atoms with Crippen molar-refractivity contribution >= 4 is 20.2 Å². The van der Waals surface area contributed by atoms with Crippen molar-refractivity contribution in [2.45, 2.75) is 5.75 Å². The Labute approximate surface area is 91.6 Å². The van der Waals surface area contributed by atoms with Crippen LogP contribution in [-0.4, -0.2) is 16.8 Å². The molecule has 0 bridgehead atoms. The smallest absolute Gasteiger partial charge is 0.228 e. The van der Waals surface area contributed by atoms with E-state index in [-0.39, 0.29) is 16.3 Å². The summed E-state index contributed by atoms with van der Waals surface area (Å²) in [5, 5.41) is 5.07. The lowest BCUT2D eigenvalue weighted by Crippen LogP contribution is -2.28. The van der Waals surface area contributed by atoms with Gasteiger partial charge in [-0.3, -0.25) is 0 Å². The maximum Gasteiger partial charge on any atom is 0.364 e. The van der Waals surface area contributed by atoms with Gasteiger partial charge in [-0.05, 0) is 11.6 Å². The third-order valence-corrected chi connectivity index (χ3v) is 3.43. The zero-order valence-corrected chi connectivity index (χ0v) is 9.49. The molecule has 0 aliphatic carbocycles. The van der Waals surface area contributed by atoms with Gasteiger partial charge in [0.1, 0.15) is 10.7 Å². The second-order valence-electron chi connectivity index (χ2n) is 3.22. The van der Waals surface area contributed by atoms with E-state index in [0.29, 0.717) is 0 Å². The zero-order chi connectivity index (χ0) is 12.0. The summed E-state index contributed by atoms with van der Waals surface area (Å²) >= 11 is 0. The van der Waals surface area contributed by atoms with Crippen LogP contribution >= 0.6 is 0 Å². The first kappa shape index (κ1) is 11.2. The van der Waals surface area contributed by atoms with Gasteiger partial charge in [-0.1, -0.05) is 12.1 Å². The molecule has 0 atom stereocenters. The first-order chi connectivity index (χ1) is 7.27. The van der Waals surface area contributed by atoms with Gasteiger partial charge in [0.15, 0.2) is 0 Å². The van der Waals surface area contributed by atoms with E-state index in [1.807, 2.05) is 0 Å². The topological polar surface area (TPSA) is 119 Å². The summed E-state index contributed by atoms with van der Waals surface area (Å²) in [6, 6.07) is 4.39. The average molecular weight is 261 g/mol. The molecule has 16 heavy (non-hydrogen) atoms. The number of fused-ring (bicyclic) bond motifs is 1. The quantitative estimate of drug-likeness (QED) is 0.660. The molecule has 0 radical (unpaired) electrons. The van der Waals surface area contributed by atoms with Gasteiger partial charge in [-0.15, -0.1) is 8.80 Å². The van der Waals surface area contributed by atoms with E-state index in [0.717, 1.165) is 0 Å². The lowest BCUT2D eigenvalue weighted by atomic mass is 10.2. The van der Waals surface area contributed by atoms with Gasteiger partial charge in [-0.25, -0.2) is 13.6 Å². The van der Waals surface area contributed by atoms with Crippen LogP contribution in [0.25, 0.3) is 0 Å². The maximum absolute atomic E-state index is 11.1. The van der Waals surface area contributed by atoms with Crippen molar-refractivity contribution in [2.75, 3.05) is 0 Å². The number of nitrogens with zero attached hydrogens (tertiary/aromatic N) is 2. The molecule has 86 valence electrons. The highest BCUT2D eigenvalue weighted by molar-refractivity contribution is 7.88. The van der Waals surface area contributed by atoms with Gasteiger partial charge in [-0.2, -0.15) is 8.42 Å². The molecule has 0 fully saturated rings. The largest absolute Gasteiger partial charge is 0.364 e. The van der Waals surface area contributed by atoms with Crippen molar-refractivity contribution < 1.29 is 16.8 Å². The monoisotopic (exact) mass is 261 g/mol. The van der Waals surface area contributed by atoms with E-state index in [4.69, 9.17) is 5.14 Å². The molecule has 1 aromatic rings. The second-order valence-corrected chi connectivity index (χ2v) is 6.10. The third-order valence-electron chi connectivity index (χ3n) is 1.88. The molecule has 1 aliphatic heterocycles. The summed E-state index contributed by atoms with van der Waals surface area (Å²) in [5.41, 5.74) is 0.227. The summed E-state index contributed by atoms with van der Waals surface area (Å²) in [7, 11) is -7.60. The molecule has 1 heterocycles. The minimum atomic E-state index is -3.87. The predicted octanol–water partition coefficient (Wildman–Crippen LogP) is -2.03. The molecule has 7 nitrogen and oxygen atoms in total. The Kier molecular flexibility index (Phi) is 2.33. The molecular formula is C7H7N3O4S2. The molecule has 2 N–H and O–H groups in total. The van der Waals surface area contributed by atoms with Crippen molar-refractivity contribution in [1.82, 2.24) is 0 Å². The minimum Gasteiger partial charge on any atom is -0.228 e. The molecule has 1 aliphatic rings.